The highest BCUT2D eigenvalue weighted by Crippen LogP contribution is 2.25. The van der Waals surface area contributed by atoms with Crippen molar-refractivity contribution in [2.75, 3.05) is 7.11 Å². The van der Waals surface area contributed by atoms with Crippen LogP contribution >= 0.6 is 23.2 Å². The lowest BCUT2D eigenvalue weighted by molar-refractivity contribution is 0.414. The van der Waals surface area contributed by atoms with Crippen molar-refractivity contribution in [3.8, 4) is 5.75 Å². The molecule has 20 heavy (non-hydrogen) atoms. The third kappa shape index (κ3) is 4.44. The smallest absolute Gasteiger partial charge is 0.126 e. The maximum atomic E-state index is 5.79. The fourth-order valence-electron chi connectivity index (χ4n) is 1.51. The van der Waals surface area contributed by atoms with E-state index in [1.807, 2.05) is 36.4 Å². The van der Waals surface area contributed by atoms with Gasteiger partial charge in [0.2, 0.25) is 0 Å². The third-order valence-electron chi connectivity index (χ3n) is 2.56. The molecule has 0 saturated carbocycles. The lowest BCUT2D eigenvalue weighted by Crippen LogP contribution is -1.84. The number of rotatable bonds is 3. The van der Waals surface area contributed by atoms with E-state index < -0.39 is 0 Å². The lowest BCUT2D eigenvalue weighted by atomic mass is 10.2. The molecule has 0 spiro atoms. The summed E-state index contributed by atoms with van der Waals surface area (Å²) in [6.07, 6.45) is 3.45. The van der Waals surface area contributed by atoms with Gasteiger partial charge in [0, 0.05) is 5.56 Å². The molecule has 0 fully saturated rings. The molecule has 2 aromatic carbocycles. The van der Waals surface area contributed by atoms with E-state index in [2.05, 4.69) is 13.2 Å². The van der Waals surface area contributed by atoms with Crippen molar-refractivity contribution in [3.05, 3.63) is 76.8 Å². The van der Waals surface area contributed by atoms with Gasteiger partial charge in [0.15, 0.2) is 0 Å². The molecule has 0 heterocycles. The van der Waals surface area contributed by atoms with Gasteiger partial charge in [-0.2, -0.15) is 0 Å². The van der Waals surface area contributed by atoms with Crippen LogP contribution in [0.1, 0.15) is 11.1 Å². The Balaban J connectivity index is 0.000000200. The number of hydrogen-bond donors (Lipinski definition) is 0. The molecule has 0 aliphatic carbocycles. The third-order valence-corrected chi connectivity index (χ3v) is 3.39. The summed E-state index contributed by atoms with van der Waals surface area (Å²) in [5, 5.41) is 1.14. The SMILES string of the molecule is C=Cc1cccc(Cl)c1Cl.C=Cc1ccccc1OC. The summed E-state index contributed by atoms with van der Waals surface area (Å²) < 4.78 is 5.06. The summed E-state index contributed by atoms with van der Waals surface area (Å²) in [6.45, 7) is 7.25. The Morgan fingerprint density at radius 3 is 2.00 bits per heavy atom. The number of benzene rings is 2. The average Bonchev–Trinajstić information content (AvgIpc) is 2.50. The Hall–Kier alpha value is -1.70. The molecule has 104 valence electrons. The van der Waals surface area contributed by atoms with Gasteiger partial charge in [-0.25, -0.2) is 0 Å². The molecule has 0 saturated heterocycles. The molecule has 0 N–H and O–H groups in total. The van der Waals surface area contributed by atoms with Gasteiger partial charge in [-0.05, 0) is 17.7 Å². The molecule has 0 aromatic heterocycles. The van der Waals surface area contributed by atoms with Gasteiger partial charge in [0.05, 0.1) is 17.2 Å². The standard InChI is InChI=1S/C9H10O.C8H6Cl2/c1-3-8-6-4-5-7-9(8)10-2;1-2-6-4-3-5-7(9)8(6)10/h3-7H,1H2,2H3;2-5H,1H2. The molecular weight excluding hydrogens is 291 g/mol. The van der Waals surface area contributed by atoms with Crippen LogP contribution in [0.3, 0.4) is 0 Å². The van der Waals surface area contributed by atoms with Crippen LogP contribution in [0.5, 0.6) is 5.75 Å². The highest BCUT2D eigenvalue weighted by atomic mass is 35.5. The van der Waals surface area contributed by atoms with Crippen LogP contribution in [0.25, 0.3) is 12.2 Å². The minimum Gasteiger partial charge on any atom is -0.496 e. The van der Waals surface area contributed by atoms with E-state index in [0.717, 1.165) is 16.9 Å². The fourth-order valence-corrected chi connectivity index (χ4v) is 1.90. The molecule has 0 aliphatic rings. The Morgan fingerprint density at radius 2 is 1.50 bits per heavy atom. The summed E-state index contributed by atoms with van der Waals surface area (Å²) in [5.41, 5.74) is 1.90. The molecule has 0 radical (unpaired) electrons. The first kappa shape index (κ1) is 16.4. The molecule has 2 aromatic rings. The van der Waals surface area contributed by atoms with E-state index >= 15 is 0 Å². The van der Waals surface area contributed by atoms with E-state index in [9.17, 15) is 0 Å². The predicted octanol–water partition coefficient (Wildman–Crippen LogP) is 5.97. The summed E-state index contributed by atoms with van der Waals surface area (Å²) in [5.74, 6) is 0.873. The Bertz CT molecular complexity index is 591. The largest absolute Gasteiger partial charge is 0.496 e. The zero-order chi connectivity index (χ0) is 15.0. The monoisotopic (exact) mass is 306 g/mol. The topological polar surface area (TPSA) is 9.23 Å². The van der Waals surface area contributed by atoms with Crippen molar-refractivity contribution >= 4 is 35.4 Å². The molecule has 2 rings (SSSR count). The second-order valence-electron chi connectivity index (χ2n) is 3.79. The number of para-hydroxylation sites is 1. The van der Waals surface area contributed by atoms with Crippen LogP contribution in [0.15, 0.2) is 55.6 Å². The van der Waals surface area contributed by atoms with Crippen LogP contribution in [0.4, 0.5) is 0 Å². The predicted molar refractivity (Wildman–Crippen MR) is 89.6 cm³/mol. The molecule has 0 atom stereocenters. The van der Waals surface area contributed by atoms with Gasteiger partial charge in [0.1, 0.15) is 5.75 Å². The normalized spacial score (nSPS) is 9.15. The molecule has 0 amide bonds. The van der Waals surface area contributed by atoms with Crippen LogP contribution in [0.2, 0.25) is 10.0 Å². The average molecular weight is 307 g/mol. The highest BCUT2D eigenvalue weighted by Gasteiger charge is 1.98. The Labute approximate surface area is 130 Å². The van der Waals surface area contributed by atoms with E-state index in [1.54, 1.807) is 25.3 Å². The van der Waals surface area contributed by atoms with Crippen LogP contribution in [-0.2, 0) is 0 Å². The quantitative estimate of drug-likeness (QED) is 0.678. The number of hydrogen-bond acceptors (Lipinski definition) is 1. The summed E-state index contributed by atoms with van der Waals surface area (Å²) >= 11 is 11.5. The van der Waals surface area contributed by atoms with Gasteiger partial charge in [-0.1, -0.05) is 78.8 Å². The fraction of sp³-hybridized carbons (Fsp3) is 0.0588. The van der Waals surface area contributed by atoms with Gasteiger partial charge in [-0.15, -0.1) is 0 Å². The molecule has 1 nitrogen and oxygen atoms in total. The van der Waals surface area contributed by atoms with Crippen LogP contribution in [-0.4, -0.2) is 7.11 Å². The first-order valence-corrected chi connectivity index (χ1v) is 6.71. The van der Waals surface area contributed by atoms with E-state index in [4.69, 9.17) is 27.9 Å². The van der Waals surface area contributed by atoms with Crippen molar-refractivity contribution < 1.29 is 4.74 Å². The summed E-state index contributed by atoms with van der Waals surface area (Å²) in [6, 6.07) is 13.2. The van der Waals surface area contributed by atoms with Gasteiger partial charge < -0.3 is 4.74 Å². The molecule has 0 bridgehead atoms. The molecular formula is C17H16Cl2O. The minimum atomic E-state index is 0.569. The van der Waals surface area contributed by atoms with Gasteiger partial charge in [-0.3, -0.25) is 0 Å². The molecule has 0 unspecified atom stereocenters. The first-order valence-electron chi connectivity index (χ1n) is 5.96. The van der Waals surface area contributed by atoms with Crippen LogP contribution < -0.4 is 4.74 Å². The van der Waals surface area contributed by atoms with E-state index in [0.29, 0.717) is 10.0 Å². The summed E-state index contributed by atoms with van der Waals surface area (Å²) in [4.78, 5) is 0. The van der Waals surface area contributed by atoms with Crippen LogP contribution in [0, 0.1) is 0 Å². The highest BCUT2D eigenvalue weighted by molar-refractivity contribution is 6.42. The number of methoxy groups -OCH3 is 1. The van der Waals surface area contributed by atoms with Crippen molar-refractivity contribution in [3.63, 3.8) is 0 Å². The number of halogens is 2. The lowest BCUT2D eigenvalue weighted by Gasteiger charge is -2.01. The summed E-state index contributed by atoms with van der Waals surface area (Å²) in [7, 11) is 1.66. The Kier molecular flexibility index (Phi) is 6.92. The van der Waals surface area contributed by atoms with Crippen molar-refractivity contribution in [1.82, 2.24) is 0 Å². The Morgan fingerprint density at radius 1 is 0.900 bits per heavy atom. The van der Waals surface area contributed by atoms with Crippen molar-refractivity contribution in [2.45, 2.75) is 0 Å². The molecule has 0 aliphatic heterocycles. The van der Waals surface area contributed by atoms with Crippen molar-refractivity contribution in [1.29, 1.82) is 0 Å². The maximum Gasteiger partial charge on any atom is 0.126 e. The minimum absolute atomic E-state index is 0.569. The van der Waals surface area contributed by atoms with Crippen molar-refractivity contribution in [2.24, 2.45) is 0 Å². The maximum absolute atomic E-state index is 5.79. The van der Waals surface area contributed by atoms with Gasteiger partial charge in [0.25, 0.3) is 0 Å². The second kappa shape index (κ2) is 8.47. The number of ether oxygens (including phenoxy) is 1. The zero-order valence-corrected chi connectivity index (χ0v) is 12.8. The van der Waals surface area contributed by atoms with E-state index in [-0.39, 0.29) is 0 Å². The first-order chi connectivity index (χ1) is 9.63. The van der Waals surface area contributed by atoms with E-state index in [1.165, 1.54) is 0 Å². The van der Waals surface area contributed by atoms with Gasteiger partial charge >= 0.3 is 0 Å². The second-order valence-corrected chi connectivity index (χ2v) is 4.58. The molecule has 3 heteroatoms. The zero-order valence-electron chi connectivity index (χ0n) is 11.3.